The van der Waals surface area contributed by atoms with Crippen molar-refractivity contribution < 1.29 is 14.2 Å². The van der Waals surface area contributed by atoms with E-state index in [9.17, 15) is 0 Å². The summed E-state index contributed by atoms with van der Waals surface area (Å²) in [6.07, 6.45) is 5.05. The molecule has 2 heterocycles. The Morgan fingerprint density at radius 1 is 1.37 bits per heavy atom. The molecule has 5 nitrogen and oxygen atoms in total. The first-order valence-corrected chi connectivity index (χ1v) is 7.18. The molecule has 1 unspecified atom stereocenters. The molecule has 2 aliphatic heterocycles. The van der Waals surface area contributed by atoms with Crippen molar-refractivity contribution >= 4 is 5.90 Å². The Morgan fingerprint density at radius 2 is 2.21 bits per heavy atom. The highest BCUT2D eigenvalue weighted by Crippen LogP contribution is 2.13. The number of hydrogen-bond acceptors (Lipinski definition) is 5. The van der Waals surface area contributed by atoms with Crippen LogP contribution in [0.1, 0.15) is 40.0 Å². The van der Waals surface area contributed by atoms with E-state index in [4.69, 9.17) is 14.2 Å². The Balaban J connectivity index is 0.000000861. The number of nitrogens with one attached hydrogen (secondary N) is 1. The second-order valence-electron chi connectivity index (χ2n) is 4.20. The molecule has 110 valence electrons. The number of ether oxygens (including phenoxy) is 3. The number of allylic oxidation sites excluding steroid dienone is 1. The van der Waals surface area contributed by atoms with Crippen molar-refractivity contribution in [2.24, 2.45) is 4.99 Å². The van der Waals surface area contributed by atoms with Crippen molar-refractivity contribution in [3.8, 4) is 0 Å². The van der Waals surface area contributed by atoms with E-state index >= 15 is 0 Å². The Bertz CT molecular complexity index is 297. The lowest BCUT2D eigenvalue weighted by atomic mass is 10.2. The lowest BCUT2D eigenvalue weighted by molar-refractivity contribution is -0.165. The average molecular weight is 270 g/mol. The smallest absolute Gasteiger partial charge is 0.207 e. The molecule has 0 radical (unpaired) electrons. The summed E-state index contributed by atoms with van der Waals surface area (Å²) in [5.74, 6) is 0.712. The monoisotopic (exact) mass is 270 g/mol. The van der Waals surface area contributed by atoms with E-state index in [-0.39, 0.29) is 6.29 Å². The van der Waals surface area contributed by atoms with Crippen molar-refractivity contribution in [2.75, 3.05) is 26.4 Å². The molecule has 0 aromatic carbocycles. The molecule has 1 atom stereocenters. The standard InChI is InChI=1S/C12H20N2O3.C2H6/c1-10-8-14-11(9-13-10)15-6-7-17-12-4-2-3-5-16-12;1-2/h8,12-13H,2-7,9H2,1H3;1-2H3. The third-order valence-electron chi connectivity index (χ3n) is 2.71. The topological polar surface area (TPSA) is 52.1 Å². The van der Waals surface area contributed by atoms with Gasteiger partial charge >= 0.3 is 0 Å². The van der Waals surface area contributed by atoms with Crippen LogP contribution in [-0.4, -0.2) is 38.6 Å². The third-order valence-corrected chi connectivity index (χ3v) is 2.71. The molecule has 0 bridgehead atoms. The summed E-state index contributed by atoms with van der Waals surface area (Å²) in [7, 11) is 0. The molecule has 0 saturated carbocycles. The fraction of sp³-hybridized carbons (Fsp3) is 0.786. The van der Waals surface area contributed by atoms with Gasteiger partial charge < -0.3 is 19.5 Å². The summed E-state index contributed by atoms with van der Waals surface area (Å²) in [5, 5.41) is 3.16. The molecule has 2 aliphatic rings. The van der Waals surface area contributed by atoms with E-state index in [1.165, 1.54) is 6.42 Å². The van der Waals surface area contributed by atoms with Crippen LogP contribution in [0.25, 0.3) is 0 Å². The zero-order valence-electron chi connectivity index (χ0n) is 12.3. The van der Waals surface area contributed by atoms with Gasteiger partial charge in [0.2, 0.25) is 5.90 Å². The van der Waals surface area contributed by atoms with Crippen LogP contribution in [0.4, 0.5) is 0 Å². The summed E-state index contributed by atoms with van der Waals surface area (Å²) >= 11 is 0. The lowest BCUT2D eigenvalue weighted by Crippen LogP contribution is -2.28. The molecular weight excluding hydrogens is 244 g/mol. The summed E-state index contributed by atoms with van der Waals surface area (Å²) in [4.78, 5) is 4.18. The van der Waals surface area contributed by atoms with E-state index in [0.29, 0.717) is 25.7 Å². The van der Waals surface area contributed by atoms with Crippen LogP contribution in [0, 0.1) is 0 Å². The van der Waals surface area contributed by atoms with Gasteiger partial charge in [0.05, 0.1) is 13.2 Å². The van der Waals surface area contributed by atoms with E-state index in [1.54, 1.807) is 6.20 Å². The van der Waals surface area contributed by atoms with Crippen molar-refractivity contribution in [1.82, 2.24) is 5.32 Å². The fourth-order valence-electron chi connectivity index (χ4n) is 1.75. The molecule has 5 heteroatoms. The second-order valence-corrected chi connectivity index (χ2v) is 4.20. The molecule has 1 fully saturated rings. The average Bonchev–Trinajstić information content (AvgIpc) is 2.49. The molecule has 2 rings (SSSR count). The van der Waals surface area contributed by atoms with E-state index in [2.05, 4.69) is 10.3 Å². The molecule has 1 saturated heterocycles. The van der Waals surface area contributed by atoms with Crippen molar-refractivity contribution in [3.05, 3.63) is 11.9 Å². The highest BCUT2D eigenvalue weighted by Gasteiger charge is 2.13. The quantitative estimate of drug-likeness (QED) is 0.797. The van der Waals surface area contributed by atoms with Gasteiger partial charge in [-0.2, -0.15) is 0 Å². The maximum absolute atomic E-state index is 5.56. The molecule has 0 aliphatic carbocycles. The molecule has 0 aromatic heterocycles. The van der Waals surface area contributed by atoms with Gasteiger partial charge in [0.1, 0.15) is 6.61 Å². The largest absolute Gasteiger partial charge is 0.477 e. The minimum atomic E-state index is -0.0408. The fourth-order valence-corrected chi connectivity index (χ4v) is 1.75. The molecular formula is C14H26N2O3. The van der Waals surface area contributed by atoms with Crippen molar-refractivity contribution in [2.45, 2.75) is 46.3 Å². The Morgan fingerprint density at radius 3 is 2.84 bits per heavy atom. The lowest BCUT2D eigenvalue weighted by Gasteiger charge is -2.22. The van der Waals surface area contributed by atoms with Crippen LogP contribution < -0.4 is 5.32 Å². The first kappa shape index (κ1) is 16.0. The van der Waals surface area contributed by atoms with Crippen molar-refractivity contribution in [3.63, 3.8) is 0 Å². The van der Waals surface area contributed by atoms with Gasteiger partial charge in [0, 0.05) is 18.5 Å². The molecule has 0 amide bonds. The van der Waals surface area contributed by atoms with Gasteiger partial charge in [-0.15, -0.1) is 0 Å². The Hall–Kier alpha value is -1.07. The molecule has 1 N–H and O–H groups in total. The zero-order valence-corrected chi connectivity index (χ0v) is 12.3. The van der Waals surface area contributed by atoms with Gasteiger partial charge in [-0.3, -0.25) is 0 Å². The van der Waals surface area contributed by atoms with E-state index < -0.39 is 0 Å². The van der Waals surface area contributed by atoms with Crippen LogP contribution in [0.2, 0.25) is 0 Å². The molecule has 19 heavy (non-hydrogen) atoms. The van der Waals surface area contributed by atoms with Gasteiger partial charge in [-0.05, 0) is 26.2 Å². The highest BCUT2D eigenvalue weighted by molar-refractivity contribution is 5.79. The Kier molecular flexibility index (Phi) is 8.25. The summed E-state index contributed by atoms with van der Waals surface area (Å²) < 4.78 is 16.5. The molecule has 0 spiro atoms. The highest BCUT2D eigenvalue weighted by atomic mass is 16.7. The summed E-state index contributed by atoms with van der Waals surface area (Å²) in [6.45, 7) is 8.51. The second kappa shape index (κ2) is 9.81. The summed E-state index contributed by atoms with van der Waals surface area (Å²) in [5.41, 5.74) is 1.06. The first-order chi connectivity index (χ1) is 9.34. The third kappa shape index (κ3) is 6.59. The maximum Gasteiger partial charge on any atom is 0.207 e. The van der Waals surface area contributed by atoms with Crippen molar-refractivity contribution in [1.29, 1.82) is 0 Å². The first-order valence-electron chi connectivity index (χ1n) is 7.18. The maximum atomic E-state index is 5.56. The molecule has 0 aromatic rings. The summed E-state index contributed by atoms with van der Waals surface area (Å²) in [6, 6.07) is 0. The minimum absolute atomic E-state index is 0.0408. The van der Waals surface area contributed by atoms with Gasteiger partial charge in [-0.1, -0.05) is 13.8 Å². The van der Waals surface area contributed by atoms with E-state index in [1.807, 2.05) is 20.8 Å². The number of rotatable bonds is 4. The zero-order chi connectivity index (χ0) is 13.9. The Labute approximate surface area is 116 Å². The van der Waals surface area contributed by atoms with Crippen LogP contribution in [0.5, 0.6) is 0 Å². The predicted molar refractivity (Wildman–Crippen MR) is 76.0 cm³/mol. The number of aliphatic imine (C=N–C) groups is 1. The predicted octanol–water partition coefficient (Wildman–Crippen LogP) is 2.44. The minimum Gasteiger partial charge on any atom is -0.477 e. The van der Waals surface area contributed by atoms with Crippen LogP contribution in [-0.2, 0) is 14.2 Å². The van der Waals surface area contributed by atoms with Gasteiger partial charge in [-0.25, -0.2) is 4.99 Å². The van der Waals surface area contributed by atoms with Gasteiger partial charge in [0.15, 0.2) is 6.29 Å². The van der Waals surface area contributed by atoms with E-state index in [0.717, 1.165) is 25.1 Å². The van der Waals surface area contributed by atoms with Crippen LogP contribution in [0.15, 0.2) is 16.9 Å². The number of nitrogens with zero attached hydrogens (tertiary/aromatic N) is 1. The normalized spacial score (nSPS) is 22.4. The van der Waals surface area contributed by atoms with Crippen LogP contribution >= 0.6 is 0 Å². The number of hydrogen-bond donors (Lipinski definition) is 1. The van der Waals surface area contributed by atoms with Crippen LogP contribution in [0.3, 0.4) is 0 Å². The SMILES string of the molecule is CC.CC1=CN=C(OCCOC2CCCCO2)CN1. The van der Waals surface area contributed by atoms with Gasteiger partial charge in [0.25, 0.3) is 0 Å².